The van der Waals surface area contributed by atoms with Gasteiger partial charge in [0.05, 0.1) is 11.4 Å². The van der Waals surface area contributed by atoms with Crippen molar-refractivity contribution in [3.63, 3.8) is 0 Å². The lowest BCUT2D eigenvalue weighted by atomic mass is 9.95. The number of nitrogens with zero attached hydrogens (tertiary/aromatic N) is 1. The first-order valence-corrected chi connectivity index (χ1v) is 9.88. The predicted molar refractivity (Wildman–Crippen MR) is 117 cm³/mol. The zero-order valence-electron chi connectivity index (χ0n) is 16.3. The van der Waals surface area contributed by atoms with Crippen LogP contribution >= 0.6 is 0 Å². The number of carbonyl (C=O) groups is 1. The number of hydrogen-bond donors (Lipinski definition) is 3. The Kier molecular flexibility index (Phi) is 4.41. The fourth-order valence-electron chi connectivity index (χ4n) is 4.13. The van der Waals surface area contributed by atoms with Crippen LogP contribution in [0.25, 0.3) is 11.4 Å². The largest absolute Gasteiger partial charge is 0.425 e. The molecule has 3 aromatic rings. The molecule has 1 atom stereocenters. The fourth-order valence-corrected chi connectivity index (χ4v) is 4.13. The van der Waals surface area contributed by atoms with Crippen molar-refractivity contribution in [2.24, 2.45) is 11.6 Å². The van der Waals surface area contributed by atoms with E-state index in [0.717, 1.165) is 27.9 Å². The molecule has 5 N–H and O–H groups in total. The van der Waals surface area contributed by atoms with Gasteiger partial charge in [0.1, 0.15) is 11.8 Å². The minimum Gasteiger partial charge on any atom is -0.425 e. The first kappa shape index (κ1) is 18.3. The van der Waals surface area contributed by atoms with Gasteiger partial charge in [-0.15, -0.1) is 0 Å². The van der Waals surface area contributed by atoms with Gasteiger partial charge >= 0.3 is 5.97 Å². The lowest BCUT2D eigenvalue weighted by Gasteiger charge is -2.35. The van der Waals surface area contributed by atoms with Crippen LogP contribution in [0.15, 0.2) is 72.8 Å². The number of nitrogens with two attached hydrogens (primary N) is 2. The number of hydrazine groups is 1. The number of rotatable bonds is 2. The number of ether oxygens (including phenoxy) is 1. The van der Waals surface area contributed by atoms with Gasteiger partial charge in [-0.2, -0.15) is 0 Å². The van der Waals surface area contributed by atoms with E-state index in [-0.39, 0.29) is 0 Å². The van der Waals surface area contributed by atoms with E-state index in [0.29, 0.717) is 30.1 Å². The number of esters is 1. The van der Waals surface area contributed by atoms with Crippen molar-refractivity contribution in [1.82, 2.24) is 5.01 Å². The number of hydrogen-bond acceptors (Lipinski definition) is 6. The molecule has 0 saturated carbocycles. The van der Waals surface area contributed by atoms with Gasteiger partial charge in [0.15, 0.2) is 0 Å². The Morgan fingerprint density at radius 2 is 1.57 bits per heavy atom. The summed E-state index contributed by atoms with van der Waals surface area (Å²) in [5.74, 6) is 6.81. The second-order valence-electron chi connectivity index (χ2n) is 7.47. The number of benzene rings is 3. The van der Waals surface area contributed by atoms with E-state index >= 15 is 0 Å². The summed E-state index contributed by atoms with van der Waals surface area (Å²) in [6.45, 7) is 0.643. The van der Waals surface area contributed by atoms with E-state index in [2.05, 4.69) is 5.32 Å². The van der Waals surface area contributed by atoms with Crippen molar-refractivity contribution in [2.45, 2.75) is 19.0 Å². The molecule has 2 aliphatic heterocycles. The number of fused-ring (bicyclic) bond motifs is 3. The maximum atomic E-state index is 12.8. The minimum absolute atomic E-state index is 0.391. The summed E-state index contributed by atoms with van der Waals surface area (Å²) in [7, 11) is 0. The lowest BCUT2D eigenvalue weighted by molar-refractivity contribution is -0.140. The zero-order valence-corrected chi connectivity index (χ0v) is 16.3. The number of carbonyl (C=O) groups excluding carboxylic acids is 1. The highest BCUT2D eigenvalue weighted by Gasteiger charge is 2.35. The molecule has 6 nitrogen and oxygen atoms in total. The summed E-state index contributed by atoms with van der Waals surface area (Å²) in [6.07, 6.45) is 0.444. The second-order valence-corrected chi connectivity index (χ2v) is 7.47. The van der Waals surface area contributed by atoms with Crippen molar-refractivity contribution in [3.8, 4) is 5.75 Å². The Balaban J connectivity index is 1.66. The average Bonchev–Trinajstić information content (AvgIpc) is 2.77. The molecule has 2 heterocycles. The predicted octanol–water partition coefficient (Wildman–Crippen LogP) is 3.10. The third-order valence-electron chi connectivity index (χ3n) is 5.68. The van der Waals surface area contributed by atoms with E-state index in [1.165, 1.54) is 5.01 Å². The zero-order chi connectivity index (χ0) is 20.7. The van der Waals surface area contributed by atoms with E-state index in [1.54, 1.807) is 6.07 Å². The van der Waals surface area contributed by atoms with Crippen LogP contribution in [0.1, 0.15) is 22.3 Å². The Morgan fingerprint density at radius 3 is 2.40 bits per heavy atom. The van der Waals surface area contributed by atoms with Crippen molar-refractivity contribution in [1.29, 1.82) is 0 Å². The van der Waals surface area contributed by atoms with E-state index < -0.39 is 12.0 Å². The Bertz CT molecular complexity index is 1170. The van der Waals surface area contributed by atoms with Gasteiger partial charge in [0, 0.05) is 29.8 Å². The van der Waals surface area contributed by atoms with Gasteiger partial charge in [0.2, 0.25) is 0 Å². The van der Waals surface area contributed by atoms with Gasteiger partial charge in [-0.05, 0) is 23.3 Å². The average molecular weight is 398 g/mol. The van der Waals surface area contributed by atoms with E-state index in [4.69, 9.17) is 16.3 Å². The molecule has 2 aliphatic rings. The molecule has 150 valence electrons. The van der Waals surface area contributed by atoms with Crippen LogP contribution in [0.3, 0.4) is 0 Å². The first-order chi connectivity index (χ1) is 14.6. The molecule has 3 aromatic carbocycles. The van der Waals surface area contributed by atoms with Gasteiger partial charge < -0.3 is 15.8 Å². The highest BCUT2D eigenvalue weighted by molar-refractivity contribution is 5.95. The van der Waals surface area contributed by atoms with Crippen LogP contribution in [0.4, 0.5) is 5.69 Å². The van der Waals surface area contributed by atoms with Crippen LogP contribution in [0, 0.1) is 0 Å². The van der Waals surface area contributed by atoms with Gasteiger partial charge in [-0.1, -0.05) is 60.7 Å². The summed E-state index contributed by atoms with van der Waals surface area (Å²) in [5, 5.41) is 4.94. The van der Waals surface area contributed by atoms with Crippen molar-refractivity contribution >= 4 is 23.1 Å². The molecular weight excluding hydrogens is 376 g/mol. The lowest BCUT2D eigenvalue weighted by Crippen LogP contribution is -2.50. The quantitative estimate of drug-likeness (QED) is 0.266. The maximum Gasteiger partial charge on any atom is 0.336 e. The topological polar surface area (TPSA) is 93.6 Å². The van der Waals surface area contributed by atoms with Crippen LogP contribution in [-0.4, -0.2) is 17.0 Å². The van der Waals surface area contributed by atoms with Crippen LogP contribution in [0.5, 0.6) is 5.75 Å². The molecule has 0 fully saturated rings. The van der Waals surface area contributed by atoms with E-state index in [9.17, 15) is 4.79 Å². The molecule has 0 amide bonds. The summed E-state index contributed by atoms with van der Waals surface area (Å²) >= 11 is 0. The Hall–Kier alpha value is -3.77. The van der Waals surface area contributed by atoms with Crippen LogP contribution in [-0.2, 0) is 17.8 Å². The molecular formula is C24H22N4O2. The SMILES string of the molecule is N/C1=C(\N(N)C2Cc3ccccc3OC2=O)c2ccccc2NCc2ccccc21. The molecule has 0 radical (unpaired) electrons. The molecule has 30 heavy (non-hydrogen) atoms. The normalized spacial score (nSPS) is 19.9. The number of para-hydroxylation sites is 2. The highest BCUT2D eigenvalue weighted by Crippen LogP contribution is 2.36. The van der Waals surface area contributed by atoms with Crippen molar-refractivity contribution in [2.75, 3.05) is 5.32 Å². The van der Waals surface area contributed by atoms with Crippen LogP contribution in [0.2, 0.25) is 0 Å². The Morgan fingerprint density at radius 1 is 0.900 bits per heavy atom. The molecule has 1 unspecified atom stereocenters. The van der Waals surface area contributed by atoms with E-state index in [1.807, 2.05) is 66.7 Å². The molecule has 0 spiro atoms. The summed E-state index contributed by atoms with van der Waals surface area (Å²) in [6, 6.07) is 22.6. The molecule has 0 saturated heterocycles. The smallest absolute Gasteiger partial charge is 0.336 e. The van der Waals surface area contributed by atoms with Gasteiger partial charge in [-0.3, -0.25) is 5.01 Å². The minimum atomic E-state index is -0.687. The summed E-state index contributed by atoms with van der Waals surface area (Å²) in [4.78, 5) is 12.8. The molecule has 0 aromatic heterocycles. The van der Waals surface area contributed by atoms with Crippen LogP contribution < -0.4 is 21.6 Å². The number of nitrogens with one attached hydrogen (secondary N) is 1. The van der Waals surface area contributed by atoms with Crippen molar-refractivity contribution in [3.05, 3.63) is 95.1 Å². The third kappa shape index (κ3) is 2.98. The molecule has 0 bridgehead atoms. The summed E-state index contributed by atoms with van der Waals surface area (Å²) < 4.78 is 5.57. The monoisotopic (exact) mass is 398 g/mol. The van der Waals surface area contributed by atoms with Crippen molar-refractivity contribution < 1.29 is 9.53 Å². The van der Waals surface area contributed by atoms with Gasteiger partial charge in [-0.25, -0.2) is 10.6 Å². The standard InChI is InChI=1S/C24H22N4O2/c25-22-17-9-3-1-8-16(17)14-27-19-11-5-4-10-18(19)23(22)28(26)20-13-15-7-2-6-12-21(15)30-24(20)29/h1-12,20,27H,13-14,25-26H2/b23-22-. The molecule has 6 heteroatoms. The third-order valence-corrected chi connectivity index (χ3v) is 5.68. The first-order valence-electron chi connectivity index (χ1n) is 9.88. The molecule has 0 aliphatic carbocycles. The highest BCUT2D eigenvalue weighted by atomic mass is 16.5. The second kappa shape index (κ2) is 7.24. The molecule has 5 rings (SSSR count). The number of anilines is 1. The fraction of sp³-hybridized carbons (Fsp3) is 0.125. The summed E-state index contributed by atoms with van der Waals surface area (Å²) in [5.41, 5.74) is 12.5. The van der Waals surface area contributed by atoms with Gasteiger partial charge in [0.25, 0.3) is 0 Å². The Labute approximate surface area is 174 Å². The maximum absolute atomic E-state index is 12.8.